The molecule has 1 N–H and O–H groups in total. The molecule has 0 radical (unpaired) electrons. The number of aliphatic hydroxyl groups excluding tert-OH is 1. The molecule has 1 atom stereocenters. The summed E-state index contributed by atoms with van der Waals surface area (Å²) in [7, 11) is 0. The highest BCUT2D eigenvalue weighted by Crippen LogP contribution is 2.27. The third kappa shape index (κ3) is 2.25. The predicted octanol–water partition coefficient (Wildman–Crippen LogP) is 2.37. The molecule has 3 heteroatoms. The summed E-state index contributed by atoms with van der Waals surface area (Å²) in [6, 6.07) is 1.86. The molecule has 1 aliphatic heterocycles. The molecule has 3 nitrogen and oxygen atoms in total. The van der Waals surface area contributed by atoms with Crippen LogP contribution in [0.15, 0.2) is 30.3 Å². The minimum absolute atomic E-state index is 0.641. The van der Waals surface area contributed by atoms with Crippen molar-refractivity contribution >= 4 is 0 Å². The summed E-state index contributed by atoms with van der Waals surface area (Å²) in [6.45, 7) is 2.76. The van der Waals surface area contributed by atoms with Crippen LogP contribution < -0.4 is 0 Å². The number of pyridine rings is 1. The fourth-order valence-corrected chi connectivity index (χ4v) is 1.92. The fourth-order valence-electron chi connectivity index (χ4n) is 1.92. The van der Waals surface area contributed by atoms with Gasteiger partial charge in [0.1, 0.15) is 11.9 Å². The van der Waals surface area contributed by atoms with Crippen LogP contribution in [-0.4, -0.2) is 16.7 Å². The van der Waals surface area contributed by atoms with Gasteiger partial charge < -0.3 is 9.84 Å². The fraction of sp³-hybridized carbons (Fsp3) is 0.462. The summed E-state index contributed by atoms with van der Waals surface area (Å²) < 4.78 is 5.48. The second-order valence-corrected chi connectivity index (χ2v) is 3.93. The Morgan fingerprint density at radius 1 is 1.56 bits per heavy atom. The Hall–Kier alpha value is -1.35. The van der Waals surface area contributed by atoms with Gasteiger partial charge in [-0.3, -0.25) is 4.98 Å². The van der Waals surface area contributed by atoms with Gasteiger partial charge in [-0.05, 0) is 42.5 Å². The molecule has 0 aromatic carbocycles. The van der Waals surface area contributed by atoms with Gasteiger partial charge in [-0.25, -0.2) is 0 Å². The number of hydrogen-bond acceptors (Lipinski definition) is 3. The molecule has 1 unspecified atom stereocenters. The Morgan fingerprint density at radius 3 is 3.12 bits per heavy atom. The summed E-state index contributed by atoms with van der Waals surface area (Å²) in [5.74, 6) is 0.687. The predicted molar refractivity (Wildman–Crippen MR) is 61.8 cm³/mol. The number of aryl methyl sites for hydroxylation is 1. The van der Waals surface area contributed by atoms with Crippen molar-refractivity contribution in [2.24, 2.45) is 0 Å². The lowest BCUT2D eigenvalue weighted by Gasteiger charge is -2.21. The number of aromatic nitrogens is 1. The number of ether oxygens (including phenoxy) is 1. The van der Waals surface area contributed by atoms with Crippen molar-refractivity contribution in [1.82, 2.24) is 4.98 Å². The van der Waals surface area contributed by atoms with E-state index in [4.69, 9.17) is 4.74 Å². The lowest BCUT2D eigenvalue weighted by Crippen LogP contribution is -2.11. The average Bonchev–Trinajstić information content (AvgIpc) is 2.39. The lowest BCUT2D eigenvalue weighted by atomic mass is 10.0. The molecule has 0 fully saturated rings. The number of nitrogens with zero attached hydrogens (tertiary/aromatic N) is 1. The van der Waals surface area contributed by atoms with Crippen molar-refractivity contribution in [2.75, 3.05) is 6.61 Å². The molecule has 2 rings (SSSR count). The average molecular weight is 219 g/mol. The highest BCUT2D eigenvalue weighted by Gasteiger charge is 2.19. The number of hydrogen-bond donors (Lipinski definition) is 1. The molecule has 86 valence electrons. The number of allylic oxidation sites excluding steroid dienone is 1. The van der Waals surface area contributed by atoms with Crippen molar-refractivity contribution in [3.8, 4) is 0 Å². The first-order valence-electron chi connectivity index (χ1n) is 5.76. The quantitative estimate of drug-likeness (QED) is 0.848. The second-order valence-electron chi connectivity index (χ2n) is 3.93. The first-order chi connectivity index (χ1) is 7.83. The molecule has 16 heavy (non-hydrogen) atoms. The van der Waals surface area contributed by atoms with Crippen molar-refractivity contribution in [1.29, 1.82) is 0 Å². The maximum Gasteiger partial charge on any atom is 0.136 e. The Morgan fingerprint density at radius 2 is 2.44 bits per heavy atom. The SMILES string of the molecule is CCc1cnccc1C(O)C1=CCCCO1. The van der Waals surface area contributed by atoms with Gasteiger partial charge in [0.05, 0.1) is 6.61 Å². The Kier molecular flexibility index (Phi) is 3.57. The summed E-state index contributed by atoms with van der Waals surface area (Å²) in [5, 5.41) is 10.2. The van der Waals surface area contributed by atoms with Gasteiger partial charge in [0.2, 0.25) is 0 Å². The van der Waals surface area contributed by atoms with Gasteiger partial charge in [0, 0.05) is 12.4 Å². The van der Waals surface area contributed by atoms with Crippen LogP contribution in [-0.2, 0) is 11.2 Å². The van der Waals surface area contributed by atoms with Crippen molar-refractivity contribution < 1.29 is 9.84 Å². The zero-order valence-electron chi connectivity index (χ0n) is 9.52. The van der Waals surface area contributed by atoms with Crippen molar-refractivity contribution in [3.63, 3.8) is 0 Å². The highest BCUT2D eigenvalue weighted by molar-refractivity contribution is 5.30. The molecule has 0 saturated carbocycles. The molecule has 1 aromatic heterocycles. The standard InChI is InChI=1S/C13H17NO2/c1-2-10-9-14-7-6-11(10)13(15)12-5-3-4-8-16-12/h5-7,9,13,15H,2-4,8H2,1H3. The lowest BCUT2D eigenvalue weighted by molar-refractivity contribution is 0.0913. The van der Waals surface area contributed by atoms with Gasteiger partial charge in [-0.2, -0.15) is 0 Å². The van der Waals surface area contributed by atoms with E-state index in [9.17, 15) is 5.11 Å². The minimum Gasteiger partial charge on any atom is -0.495 e. The Balaban J connectivity index is 2.25. The first-order valence-corrected chi connectivity index (χ1v) is 5.76. The number of rotatable bonds is 3. The van der Waals surface area contributed by atoms with E-state index in [1.807, 2.05) is 18.3 Å². The molecule has 0 spiro atoms. The van der Waals surface area contributed by atoms with Crippen LogP contribution >= 0.6 is 0 Å². The van der Waals surface area contributed by atoms with Gasteiger partial charge in [-0.15, -0.1) is 0 Å². The smallest absolute Gasteiger partial charge is 0.136 e. The van der Waals surface area contributed by atoms with Crippen LogP contribution in [0.3, 0.4) is 0 Å². The van der Waals surface area contributed by atoms with Crippen LogP contribution in [0.1, 0.15) is 37.0 Å². The number of aliphatic hydroxyl groups is 1. The highest BCUT2D eigenvalue weighted by atomic mass is 16.5. The second kappa shape index (κ2) is 5.12. The van der Waals surface area contributed by atoms with Gasteiger partial charge >= 0.3 is 0 Å². The molecule has 0 bridgehead atoms. The molecule has 1 aromatic rings. The van der Waals surface area contributed by atoms with E-state index in [-0.39, 0.29) is 0 Å². The van der Waals surface area contributed by atoms with Crippen LogP contribution in [0.5, 0.6) is 0 Å². The largest absolute Gasteiger partial charge is 0.495 e. The van der Waals surface area contributed by atoms with Crippen LogP contribution in [0.2, 0.25) is 0 Å². The van der Waals surface area contributed by atoms with Gasteiger partial charge in [-0.1, -0.05) is 6.92 Å². The zero-order chi connectivity index (χ0) is 11.4. The van der Waals surface area contributed by atoms with Crippen molar-refractivity contribution in [3.05, 3.63) is 41.4 Å². The van der Waals surface area contributed by atoms with E-state index in [1.54, 1.807) is 6.20 Å². The van der Waals surface area contributed by atoms with E-state index < -0.39 is 6.10 Å². The normalized spacial score (nSPS) is 17.5. The summed E-state index contributed by atoms with van der Waals surface area (Å²) in [4.78, 5) is 4.07. The van der Waals surface area contributed by atoms with Gasteiger partial charge in [0.15, 0.2) is 0 Å². The Labute approximate surface area is 95.8 Å². The maximum absolute atomic E-state index is 10.2. The molecule has 0 aliphatic carbocycles. The third-order valence-electron chi connectivity index (χ3n) is 2.85. The minimum atomic E-state index is -0.641. The van der Waals surface area contributed by atoms with E-state index >= 15 is 0 Å². The monoisotopic (exact) mass is 219 g/mol. The van der Waals surface area contributed by atoms with E-state index in [2.05, 4.69) is 11.9 Å². The summed E-state index contributed by atoms with van der Waals surface area (Å²) >= 11 is 0. The van der Waals surface area contributed by atoms with E-state index in [0.717, 1.165) is 30.4 Å². The van der Waals surface area contributed by atoms with Crippen molar-refractivity contribution in [2.45, 2.75) is 32.3 Å². The molecule has 1 aliphatic rings. The third-order valence-corrected chi connectivity index (χ3v) is 2.85. The van der Waals surface area contributed by atoms with E-state index in [1.165, 1.54) is 0 Å². The molecular weight excluding hydrogens is 202 g/mol. The molecule has 2 heterocycles. The van der Waals surface area contributed by atoms with Crippen LogP contribution in [0.25, 0.3) is 0 Å². The maximum atomic E-state index is 10.2. The molecular formula is C13H17NO2. The van der Waals surface area contributed by atoms with Crippen LogP contribution in [0, 0.1) is 0 Å². The summed E-state index contributed by atoms with van der Waals surface area (Å²) in [6.07, 6.45) is 7.75. The summed E-state index contributed by atoms with van der Waals surface area (Å²) in [5.41, 5.74) is 1.98. The van der Waals surface area contributed by atoms with Gasteiger partial charge in [0.25, 0.3) is 0 Å². The molecule has 0 saturated heterocycles. The van der Waals surface area contributed by atoms with Crippen LogP contribution in [0.4, 0.5) is 0 Å². The zero-order valence-corrected chi connectivity index (χ0v) is 9.52. The Bertz CT molecular complexity index is 387. The molecule has 0 amide bonds. The first kappa shape index (κ1) is 11.1. The topological polar surface area (TPSA) is 42.4 Å². The van der Waals surface area contributed by atoms with E-state index in [0.29, 0.717) is 12.4 Å².